The highest BCUT2D eigenvalue weighted by Crippen LogP contribution is 2.18. The zero-order valence-corrected chi connectivity index (χ0v) is 12.0. The maximum absolute atomic E-state index is 12.1. The zero-order chi connectivity index (χ0) is 15.4. The summed E-state index contributed by atoms with van der Waals surface area (Å²) in [5, 5.41) is 21.3. The number of hydrogen-bond donors (Lipinski definition) is 3. The van der Waals surface area contributed by atoms with Gasteiger partial charge in [-0.15, -0.1) is 0 Å². The van der Waals surface area contributed by atoms with E-state index in [1.807, 2.05) is 6.92 Å². The van der Waals surface area contributed by atoms with Crippen molar-refractivity contribution in [3.8, 4) is 0 Å². The number of urea groups is 1. The van der Waals surface area contributed by atoms with Gasteiger partial charge in [-0.2, -0.15) is 0 Å². The van der Waals surface area contributed by atoms with Crippen LogP contribution in [0.2, 0.25) is 0 Å². The second kappa shape index (κ2) is 6.58. The van der Waals surface area contributed by atoms with Crippen molar-refractivity contribution in [1.29, 1.82) is 0 Å². The van der Waals surface area contributed by atoms with Gasteiger partial charge in [-0.05, 0) is 30.0 Å². The molecule has 0 saturated carbocycles. The number of piperidine rings is 1. The van der Waals surface area contributed by atoms with Crippen LogP contribution in [0, 0.1) is 5.92 Å². The lowest BCUT2D eigenvalue weighted by molar-refractivity contribution is -0.136. The van der Waals surface area contributed by atoms with E-state index >= 15 is 0 Å². The predicted octanol–water partition coefficient (Wildman–Crippen LogP) is 1.55. The molecule has 1 fully saturated rings. The van der Waals surface area contributed by atoms with E-state index < -0.39 is 12.1 Å². The third kappa shape index (κ3) is 4.19. The van der Waals surface area contributed by atoms with Crippen molar-refractivity contribution in [2.45, 2.75) is 25.9 Å². The van der Waals surface area contributed by atoms with Gasteiger partial charge < -0.3 is 20.4 Å². The van der Waals surface area contributed by atoms with E-state index in [-0.39, 0.29) is 18.4 Å². The first-order chi connectivity index (χ1) is 9.95. The minimum atomic E-state index is -0.911. The quantitative estimate of drug-likeness (QED) is 0.788. The lowest BCUT2D eigenvalue weighted by Crippen LogP contribution is -2.47. The van der Waals surface area contributed by atoms with Gasteiger partial charge in [0.25, 0.3) is 0 Å². The van der Waals surface area contributed by atoms with Gasteiger partial charge in [0.1, 0.15) is 0 Å². The molecule has 1 aliphatic heterocycles. The Morgan fingerprint density at radius 1 is 1.43 bits per heavy atom. The number of carboxylic acid groups (broad SMARTS) is 1. The number of benzene rings is 1. The first-order valence-corrected chi connectivity index (χ1v) is 7.00. The number of aliphatic carboxylic acids is 1. The Hall–Kier alpha value is -2.08. The van der Waals surface area contributed by atoms with Crippen LogP contribution in [0.1, 0.15) is 18.9 Å². The largest absolute Gasteiger partial charge is 0.481 e. The maximum Gasteiger partial charge on any atom is 0.321 e. The number of aliphatic hydroxyl groups is 1. The molecule has 2 atom stereocenters. The second-order valence-electron chi connectivity index (χ2n) is 5.48. The van der Waals surface area contributed by atoms with E-state index in [1.165, 1.54) is 0 Å². The fraction of sp³-hybridized carbons (Fsp3) is 0.467. The molecule has 1 saturated heterocycles. The number of rotatable bonds is 3. The lowest BCUT2D eigenvalue weighted by Gasteiger charge is -2.34. The highest BCUT2D eigenvalue weighted by atomic mass is 16.4. The van der Waals surface area contributed by atoms with Crippen LogP contribution in [0.5, 0.6) is 0 Å². The Labute approximate surface area is 123 Å². The normalized spacial score (nSPS) is 21.9. The first kappa shape index (κ1) is 15.3. The van der Waals surface area contributed by atoms with Crippen LogP contribution in [0.25, 0.3) is 0 Å². The first-order valence-electron chi connectivity index (χ1n) is 7.00. The molecule has 21 heavy (non-hydrogen) atoms. The van der Waals surface area contributed by atoms with Crippen LogP contribution in [-0.2, 0) is 11.2 Å². The fourth-order valence-electron chi connectivity index (χ4n) is 2.37. The summed E-state index contributed by atoms with van der Waals surface area (Å²) in [6, 6.07) is 6.51. The summed E-state index contributed by atoms with van der Waals surface area (Å²) in [5.74, 6) is -0.709. The molecule has 0 aliphatic carbocycles. The number of aliphatic hydroxyl groups excluding tert-OH is 1. The van der Waals surface area contributed by atoms with Crippen molar-refractivity contribution in [1.82, 2.24) is 4.90 Å². The van der Waals surface area contributed by atoms with Crippen molar-refractivity contribution >= 4 is 17.7 Å². The number of likely N-dealkylation sites (tertiary alicyclic amines) is 1. The van der Waals surface area contributed by atoms with Gasteiger partial charge in [-0.3, -0.25) is 4.79 Å². The fourth-order valence-corrected chi connectivity index (χ4v) is 2.37. The zero-order valence-electron chi connectivity index (χ0n) is 12.0. The summed E-state index contributed by atoms with van der Waals surface area (Å²) in [7, 11) is 0. The van der Waals surface area contributed by atoms with Crippen molar-refractivity contribution in [2.24, 2.45) is 5.92 Å². The molecule has 2 amide bonds. The predicted molar refractivity (Wildman–Crippen MR) is 78.2 cm³/mol. The van der Waals surface area contributed by atoms with Crippen LogP contribution >= 0.6 is 0 Å². The topological polar surface area (TPSA) is 89.9 Å². The molecule has 1 heterocycles. The monoisotopic (exact) mass is 292 g/mol. The van der Waals surface area contributed by atoms with Crippen molar-refractivity contribution < 1.29 is 19.8 Å². The Morgan fingerprint density at radius 3 is 2.86 bits per heavy atom. The third-order valence-electron chi connectivity index (χ3n) is 3.74. The standard InChI is InChI=1S/C15H20N2O4/c1-10-5-6-17(9-13(10)18)15(21)16-12-4-2-3-11(7-12)8-14(19)20/h2-4,7,10,13,18H,5-6,8-9H2,1H3,(H,16,21)(H,19,20). The molecule has 3 N–H and O–H groups in total. The Balaban J connectivity index is 1.98. The molecule has 0 aromatic heterocycles. The van der Waals surface area contributed by atoms with Gasteiger partial charge in [0.05, 0.1) is 12.5 Å². The summed E-state index contributed by atoms with van der Waals surface area (Å²) in [5.41, 5.74) is 1.19. The molecule has 6 heteroatoms. The molecule has 2 unspecified atom stereocenters. The smallest absolute Gasteiger partial charge is 0.321 e. The van der Waals surface area contributed by atoms with Crippen LogP contribution in [0.4, 0.5) is 10.5 Å². The van der Waals surface area contributed by atoms with E-state index in [9.17, 15) is 14.7 Å². The van der Waals surface area contributed by atoms with E-state index in [1.54, 1.807) is 29.2 Å². The molecule has 1 aromatic rings. The van der Waals surface area contributed by atoms with Crippen molar-refractivity contribution in [3.63, 3.8) is 0 Å². The van der Waals surface area contributed by atoms with Gasteiger partial charge in [0.2, 0.25) is 0 Å². The van der Waals surface area contributed by atoms with Crippen molar-refractivity contribution in [3.05, 3.63) is 29.8 Å². The van der Waals surface area contributed by atoms with Gasteiger partial charge in [-0.1, -0.05) is 19.1 Å². The number of hydrogen-bond acceptors (Lipinski definition) is 3. The Kier molecular flexibility index (Phi) is 4.80. The molecular weight excluding hydrogens is 272 g/mol. The number of carbonyl (C=O) groups excluding carboxylic acids is 1. The molecular formula is C15H20N2O4. The summed E-state index contributed by atoms with van der Waals surface area (Å²) in [6.45, 7) is 2.90. The molecule has 0 bridgehead atoms. The highest BCUT2D eigenvalue weighted by molar-refractivity contribution is 5.89. The Bertz CT molecular complexity index is 532. The minimum Gasteiger partial charge on any atom is -0.481 e. The average molecular weight is 292 g/mol. The number of nitrogens with zero attached hydrogens (tertiary/aromatic N) is 1. The van der Waals surface area contributed by atoms with E-state index in [0.29, 0.717) is 24.3 Å². The minimum absolute atomic E-state index is 0.0797. The Morgan fingerprint density at radius 2 is 2.19 bits per heavy atom. The number of carboxylic acids is 1. The SMILES string of the molecule is CC1CCN(C(=O)Nc2cccc(CC(=O)O)c2)CC1O. The third-order valence-corrected chi connectivity index (χ3v) is 3.74. The molecule has 0 spiro atoms. The molecule has 6 nitrogen and oxygen atoms in total. The van der Waals surface area contributed by atoms with Gasteiger partial charge in [0.15, 0.2) is 0 Å². The molecule has 0 radical (unpaired) electrons. The number of β-amino-alcohol motifs (C(OH)–C–C–N with tert-alkyl or cyclic N) is 1. The molecule has 2 rings (SSSR count). The number of nitrogens with one attached hydrogen (secondary N) is 1. The average Bonchev–Trinajstić information content (AvgIpc) is 2.41. The van der Waals surface area contributed by atoms with E-state index in [0.717, 1.165) is 6.42 Å². The maximum atomic E-state index is 12.1. The van der Waals surface area contributed by atoms with Crippen LogP contribution in [-0.4, -0.2) is 46.3 Å². The van der Waals surface area contributed by atoms with Gasteiger partial charge in [-0.25, -0.2) is 4.79 Å². The molecule has 1 aliphatic rings. The summed E-state index contributed by atoms with van der Waals surface area (Å²) < 4.78 is 0. The van der Waals surface area contributed by atoms with Crippen LogP contribution in [0.3, 0.4) is 0 Å². The summed E-state index contributed by atoms with van der Waals surface area (Å²) in [6.07, 6.45) is 0.194. The van der Waals surface area contributed by atoms with E-state index in [2.05, 4.69) is 5.32 Å². The van der Waals surface area contributed by atoms with E-state index in [4.69, 9.17) is 5.11 Å². The molecule has 1 aromatic carbocycles. The summed E-state index contributed by atoms with van der Waals surface area (Å²) in [4.78, 5) is 24.4. The van der Waals surface area contributed by atoms with Gasteiger partial charge >= 0.3 is 12.0 Å². The highest BCUT2D eigenvalue weighted by Gasteiger charge is 2.27. The number of carbonyl (C=O) groups is 2. The van der Waals surface area contributed by atoms with Crippen LogP contribution < -0.4 is 5.32 Å². The number of anilines is 1. The second-order valence-corrected chi connectivity index (χ2v) is 5.48. The van der Waals surface area contributed by atoms with Crippen molar-refractivity contribution in [2.75, 3.05) is 18.4 Å². The summed E-state index contributed by atoms with van der Waals surface area (Å²) >= 11 is 0. The van der Waals surface area contributed by atoms with Gasteiger partial charge in [0, 0.05) is 18.8 Å². The number of amides is 2. The molecule has 114 valence electrons. The lowest BCUT2D eigenvalue weighted by atomic mass is 9.96. The van der Waals surface area contributed by atoms with Crippen LogP contribution in [0.15, 0.2) is 24.3 Å².